The van der Waals surface area contributed by atoms with Crippen molar-refractivity contribution in [2.24, 2.45) is 0 Å². The Kier molecular flexibility index (Phi) is 15.4. The van der Waals surface area contributed by atoms with Crippen molar-refractivity contribution in [3.05, 3.63) is 0 Å². The van der Waals surface area contributed by atoms with Gasteiger partial charge in [-0.05, 0) is 132 Å². The van der Waals surface area contributed by atoms with Crippen molar-refractivity contribution >= 4 is 0 Å². The molecular formula is C23H50N4. The molecule has 0 unspecified atom stereocenters. The van der Waals surface area contributed by atoms with Crippen LogP contribution in [0.1, 0.15) is 70.6 Å². The Morgan fingerprint density at radius 3 is 0.481 bits per heavy atom. The molecule has 0 N–H and O–H groups in total. The molecular weight excluding hydrogens is 332 g/mol. The Labute approximate surface area is 171 Å². The highest BCUT2D eigenvalue weighted by Gasteiger charge is 2.04. The van der Waals surface area contributed by atoms with Crippen LogP contribution < -0.4 is 0 Å². The van der Waals surface area contributed by atoms with Crippen LogP contribution in [0.2, 0.25) is 0 Å². The highest BCUT2D eigenvalue weighted by atomic mass is 15.1. The number of hydrogen-bond donors (Lipinski definition) is 0. The van der Waals surface area contributed by atoms with Crippen LogP contribution in [0.4, 0.5) is 0 Å². The topological polar surface area (TPSA) is 13.0 Å². The van der Waals surface area contributed by atoms with Gasteiger partial charge < -0.3 is 19.6 Å². The van der Waals surface area contributed by atoms with E-state index in [-0.39, 0.29) is 0 Å². The van der Waals surface area contributed by atoms with Crippen LogP contribution in [0.3, 0.4) is 0 Å². The van der Waals surface area contributed by atoms with Crippen molar-refractivity contribution in [3.8, 4) is 0 Å². The van der Waals surface area contributed by atoms with Crippen molar-refractivity contribution in [2.45, 2.75) is 70.6 Å². The standard InChI is InChI=1S/3C6H13N.C5H11N/c3*1-7-5-3-2-4-6-7;1-6-4-2-3-5-6/h3*2-6H2,1H3;2-5H2,1H3. The van der Waals surface area contributed by atoms with E-state index in [2.05, 4.69) is 47.8 Å². The van der Waals surface area contributed by atoms with E-state index >= 15 is 0 Å². The summed E-state index contributed by atoms with van der Waals surface area (Å²) in [6.45, 7) is 10.6. The third-order valence-corrected chi connectivity index (χ3v) is 6.07. The summed E-state index contributed by atoms with van der Waals surface area (Å²) >= 11 is 0. The maximum absolute atomic E-state index is 2.39. The van der Waals surface area contributed by atoms with Crippen molar-refractivity contribution in [2.75, 3.05) is 80.5 Å². The third-order valence-electron chi connectivity index (χ3n) is 6.07. The summed E-state index contributed by atoms with van der Waals surface area (Å²) in [5, 5.41) is 0. The first-order valence-corrected chi connectivity index (χ1v) is 11.8. The van der Waals surface area contributed by atoms with E-state index in [0.29, 0.717) is 0 Å². The van der Waals surface area contributed by atoms with E-state index in [4.69, 9.17) is 0 Å². The summed E-state index contributed by atoms with van der Waals surface area (Å²) in [5.41, 5.74) is 0. The number of likely N-dealkylation sites (tertiary alicyclic amines) is 4. The lowest BCUT2D eigenvalue weighted by atomic mass is 10.1. The Morgan fingerprint density at radius 1 is 0.259 bits per heavy atom. The molecule has 0 bridgehead atoms. The zero-order valence-corrected chi connectivity index (χ0v) is 19.2. The smallest absolute Gasteiger partial charge is 0.00213 e. The number of rotatable bonds is 0. The Morgan fingerprint density at radius 2 is 0.407 bits per heavy atom. The van der Waals surface area contributed by atoms with Gasteiger partial charge in [-0.1, -0.05) is 19.3 Å². The Balaban J connectivity index is 0.000000180. The monoisotopic (exact) mass is 382 g/mol. The average Bonchev–Trinajstić information content (AvgIpc) is 3.16. The average molecular weight is 383 g/mol. The summed E-state index contributed by atoms with van der Waals surface area (Å²) in [6, 6.07) is 0. The fourth-order valence-electron chi connectivity index (χ4n) is 4.03. The molecule has 0 amide bonds. The van der Waals surface area contributed by atoms with Gasteiger partial charge >= 0.3 is 0 Å². The predicted molar refractivity (Wildman–Crippen MR) is 121 cm³/mol. The Bertz CT molecular complexity index is 261. The van der Waals surface area contributed by atoms with E-state index in [1.165, 1.54) is 123 Å². The molecule has 4 heterocycles. The quantitative estimate of drug-likeness (QED) is 0.627. The first-order valence-electron chi connectivity index (χ1n) is 11.8. The maximum Gasteiger partial charge on any atom is -0.00213 e. The molecule has 0 aromatic carbocycles. The van der Waals surface area contributed by atoms with E-state index < -0.39 is 0 Å². The summed E-state index contributed by atoms with van der Waals surface area (Å²) in [6.07, 6.45) is 15.7. The van der Waals surface area contributed by atoms with Crippen LogP contribution in [0.5, 0.6) is 0 Å². The van der Waals surface area contributed by atoms with E-state index in [9.17, 15) is 0 Å². The molecule has 0 aliphatic carbocycles. The van der Waals surface area contributed by atoms with Gasteiger partial charge in [0.1, 0.15) is 0 Å². The highest BCUT2D eigenvalue weighted by Crippen LogP contribution is 2.06. The van der Waals surface area contributed by atoms with Gasteiger partial charge in [-0.25, -0.2) is 0 Å². The van der Waals surface area contributed by atoms with Gasteiger partial charge in [-0.3, -0.25) is 0 Å². The fourth-order valence-corrected chi connectivity index (χ4v) is 4.03. The molecule has 4 aliphatic rings. The first kappa shape index (κ1) is 24.9. The molecule has 0 spiro atoms. The lowest BCUT2D eigenvalue weighted by Gasteiger charge is -2.20. The number of hydrogen-bond acceptors (Lipinski definition) is 4. The molecule has 4 fully saturated rings. The van der Waals surface area contributed by atoms with Crippen LogP contribution in [-0.2, 0) is 0 Å². The van der Waals surface area contributed by atoms with E-state index in [1.54, 1.807) is 0 Å². The summed E-state index contributed by atoms with van der Waals surface area (Å²) in [5.74, 6) is 0. The van der Waals surface area contributed by atoms with Crippen LogP contribution in [0.15, 0.2) is 0 Å². The van der Waals surface area contributed by atoms with Crippen LogP contribution in [-0.4, -0.2) is 100 Å². The van der Waals surface area contributed by atoms with Gasteiger partial charge in [0.25, 0.3) is 0 Å². The molecule has 27 heavy (non-hydrogen) atoms. The minimum atomic E-state index is 1.32. The zero-order chi connectivity index (χ0) is 19.7. The largest absolute Gasteiger partial charge is 0.306 e. The van der Waals surface area contributed by atoms with Crippen molar-refractivity contribution in [1.82, 2.24) is 19.6 Å². The molecule has 0 aromatic heterocycles. The predicted octanol–water partition coefficient (Wildman–Crippen LogP) is 4.02. The molecule has 4 aliphatic heterocycles. The normalized spacial score (nSPS) is 25.3. The zero-order valence-electron chi connectivity index (χ0n) is 19.2. The number of piperidine rings is 3. The summed E-state index contributed by atoms with van der Waals surface area (Å²) in [7, 11) is 8.75. The van der Waals surface area contributed by atoms with Gasteiger partial charge in [0, 0.05) is 0 Å². The van der Waals surface area contributed by atoms with Crippen molar-refractivity contribution < 1.29 is 0 Å². The van der Waals surface area contributed by atoms with Gasteiger partial charge in [0.05, 0.1) is 0 Å². The second-order valence-electron chi connectivity index (χ2n) is 9.10. The SMILES string of the molecule is CN1CCCC1.CN1CCCCC1.CN1CCCCC1.CN1CCCCC1. The fraction of sp³-hybridized carbons (Fsp3) is 1.00. The molecule has 0 radical (unpaired) electrons. The second-order valence-corrected chi connectivity index (χ2v) is 9.10. The summed E-state index contributed by atoms with van der Waals surface area (Å²) in [4.78, 5) is 9.54. The van der Waals surface area contributed by atoms with Crippen LogP contribution in [0.25, 0.3) is 0 Å². The van der Waals surface area contributed by atoms with Gasteiger partial charge in [-0.2, -0.15) is 0 Å². The molecule has 0 atom stereocenters. The van der Waals surface area contributed by atoms with E-state index in [0.717, 1.165) is 0 Å². The Hall–Kier alpha value is -0.160. The van der Waals surface area contributed by atoms with Gasteiger partial charge in [0.2, 0.25) is 0 Å². The first-order chi connectivity index (χ1) is 13.1. The minimum absolute atomic E-state index is 1.32. The minimum Gasteiger partial charge on any atom is -0.306 e. The van der Waals surface area contributed by atoms with Gasteiger partial charge in [0.15, 0.2) is 0 Å². The second kappa shape index (κ2) is 16.8. The molecule has 4 saturated heterocycles. The molecule has 4 heteroatoms. The lowest BCUT2D eigenvalue weighted by Crippen LogP contribution is -2.24. The van der Waals surface area contributed by atoms with E-state index in [1.807, 2.05) is 0 Å². The maximum atomic E-state index is 2.39. The molecule has 0 aromatic rings. The highest BCUT2D eigenvalue weighted by molar-refractivity contribution is 4.60. The molecule has 162 valence electrons. The molecule has 4 nitrogen and oxygen atoms in total. The lowest BCUT2D eigenvalue weighted by molar-refractivity contribution is 0.277. The molecule has 4 rings (SSSR count). The number of nitrogens with zero attached hydrogens (tertiary/aromatic N) is 4. The van der Waals surface area contributed by atoms with Crippen LogP contribution in [0, 0.1) is 0 Å². The third kappa shape index (κ3) is 15.4. The molecule has 0 saturated carbocycles. The summed E-state index contributed by atoms with van der Waals surface area (Å²) < 4.78 is 0. The van der Waals surface area contributed by atoms with Crippen molar-refractivity contribution in [3.63, 3.8) is 0 Å². The van der Waals surface area contributed by atoms with Crippen LogP contribution >= 0.6 is 0 Å². The van der Waals surface area contributed by atoms with Gasteiger partial charge in [-0.15, -0.1) is 0 Å². The van der Waals surface area contributed by atoms with Crippen molar-refractivity contribution in [1.29, 1.82) is 0 Å².